The van der Waals surface area contributed by atoms with Crippen LogP contribution in [0.25, 0.3) is 10.9 Å². The normalized spacial score (nSPS) is 12.9. The Morgan fingerprint density at radius 3 is 2.26 bits per heavy atom. The van der Waals surface area contributed by atoms with Crippen LogP contribution in [-0.2, 0) is 5.92 Å². The van der Waals surface area contributed by atoms with E-state index in [0.717, 1.165) is 5.56 Å². The fourth-order valence-corrected chi connectivity index (χ4v) is 1.53. The van der Waals surface area contributed by atoms with Crippen LogP contribution >= 0.6 is 0 Å². The number of hydrogen-bond acceptors (Lipinski definition) is 3. The molecule has 0 bridgehead atoms. The maximum absolute atomic E-state index is 13.1. The third-order valence-corrected chi connectivity index (χ3v) is 2.52. The molecule has 0 fully saturated rings. The average Bonchev–Trinajstić information content (AvgIpc) is 2.28. The Balaban J connectivity index is 2.68. The number of fused-ring (bicyclic) bond motifs is 1. The molecule has 0 aliphatic carbocycles. The van der Waals surface area contributed by atoms with Crippen LogP contribution in [0, 0.1) is 6.92 Å². The maximum atomic E-state index is 13.1. The predicted octanol–water partition coefficient (Wildman–Crippen LogP) is 3.17. The first-order chi connectivity index (χ1) is 8.63. The number of nitrogens with two attached hydrogens (primary N) is 1. The highest BCUT2D eigenvalue weighted by atomic mass is 19.4. The minimum absolute atomic E-state index is 0.0583. The van der Waals surface area contributed by atoms with Gasteiger partial charge in [-0.2, -0.15) is 22.0 Å². The van der Waals surface area contributed by atoms with E-state index in [1.54, 1.807) is 6.92 Å². The fourth-order valence-electron chi connectivity index (χ4n) is 1.53. The second kappa shape index (κ2) is 4.01. The molecule has 0 saturated carbocycles. The number of aromatic nitrogens is 2. The van der Waals surface area contributed by atoms with Gasteiger partial charge < -0.3 is 5.73 Å². The summed E-state index contributed by atoms with van der Waals surface area (Å²) in [5.74, 6) is -7.19. The van der Waals surface area contributed by atoms with E-state index < -0.39 is 23.7 Å². The summed E-state index contributed by atoms with van der Waals surface area (Å²) in [7, 11) is 0. The first-order valence-electron chi connectivity index (χ1n) is 5.12. The summed E-state index contributed by atoms with van der Waals surface area (Å²) in [4.78, 5) is 6.33. The van der Waals surface area contributed by atoms with Crippen molar-refractivity contribution in [2.45, 2.75) is 19.0 Å². The molecule has 0 atom stereocenters. The molecule has 102 valence electrons. The van der Waals surface area contributed by atoms with Crippen LogP contribution in [0.4, 0.5) is 27.8 Å². The molecule has 0 spiro atoms. The van der Waals surface area contributed by atoms with Gasteiger partial charge in [0, 0.05) is 5.39 Å². The molecule has 0 aliphatic rings. The van der Waals surface area contributed by atoms with Crippen molar-refractivity contribution in [2.24, 2.45) is 0 Å². The minimum Gasteiger partial charge on any atom is -0.383 e. The number of nitrogen functional groups attached to an aromatic ring is 1. The molecule has 2 aromatic rings. The first-order valence-corrected chi connectivity index (χ1v) is 5.12. The van der Waals surface area contributed by atoms with E-state index in [2.05, 4.69) is 9.97 Å². The lowest BCUT2D eigenvalue weighted by molar-refractivity contribution is -0.292. The van der Waals surface area contributed by atoms with E-state index in [0.29, 0.717) is 0 Å². The number of hydrogen-bond donors (Lipinski definition) is 1. The zero-order chi connectivity index (χ0) is 14.4. The molecule has 2 rings (SSSR count). The fraction of sp³-hybridized carbons (Fsp3) is 0.273. The van der Waals surface area contributed by atoms with Crippen molar-refractivity contribution in [3.63, 3.8) is 0 Å². The molecule has 1 aromatic heterocycles. The van der Waals surface area contributed by atoms with E-state index in [1.165, 1.54) is 18.2 Å². The van der Waals surface area contributed by atoms with Crippen molar-refractivity contribution in [2.75, 3.05) is 5.73 Å². The van der Waals surface area contributed by atoms with Crippen LogP contribution in [0.5, 0.6) is 0 Å². The number of anilines is 1. The van der Waals surface area contributed by atoms with Crippen molar-refractivity contribution in [3.05, 3.63) is 29.6 Å². The standard InChI is InChI=1S/C11H8F5N3/c1-5-2-3-7-6(4-5)8(17)19-9(18-7)10(12,13)11(14,15)16/h2-4H,1H3,(H2,17,18,19). The molecule has 1 aromatic carbocycles. The SMILES string of the molecule is Cc1ccc2nc(C(F)(F)C(F)(F)F)nc(N)c2c1. The largest absolute Gasteiger partial charge is 0.461 e. The lowest BCUT2D eigenvalue weighted by atomic mass is 10.1. The Hall–Kier alpha value is -1.99. The lowest BCUT2D eigenvalue weighted by Gasteiger charge is -2.18. The van der Waals surface area contributed by atoms with Crippen molar-refractivity contribution in [3.8, 4) is 0 Å². The lowest BCUT2D eigenvalue weighted by Crippen LogP contribution is -2.35. The van der Waals surface area contributed by atoms with E-state index in [9.17, 15) is 22.0 Å². The van der Waals surface area contributed by atoms with Gasteiger partial charge in [-0.1, -0.05) is 11.6 Å². The smallest absolute Gasteiger partial charge is 0.383 e. The van der Waals surface area contributed by atoms with Crippen LogP contribution < -0.4 is 5.73 Å². The van der Waals surface area contributed by atoms with Crippen LogP contribution in [0.3, 0.4) is 0 Å². The second-order valence-electron chi connectivity index (χ2n) is 4.03. The molecular formula is C11H8F5N3. The maximum Gasteiger partial charge on any atom is 0.461 e. The summed E-state index contributed by atoms with van der Waals surface area (Å²) in [6.45, 7) is 1.72. The average molecular weight is 277 g/mol. The van der Waals surface area contributed by atoms with Crippen molar-refractivity contribution in [1.82, 2.24) is 9.97 Å². The summed E-state index contributed by atoms with van der Waals surface area (Å²) in [6.07, 6.45) is -5.77. The molecule has 3 nitrogen and oxygen atoms in total. The highest BCUT2D eigenvalue weighted by Gasteiger charge is 2.61. The highest BCUT2D eigenvalue weighted by molar-refractivity contribution is 5.88. The van der Waals surface area contributed by atoms with Gasteiger partial charge in [-0.15, -0.1) is 0 Å². The molecule has 1 heterocycles. The van der Waals surface area contributed by atoms with E-state index in [4.69, 9.17) is 5.73 Å². The van der Waals surface area contributed by atoms with Crippen molar-refractivity contribution >= 4 is 16.7 Å². The topological polar surface area (TPSA) is 51.8 Å². The Kier molecular flexibility index (Phi) is 2.83. The monoisotopic (exact) mass is 277 g/mol. The number of nitrogens with zero attached hydrogens (tertiary/aromatic N) is 2. The van der Waals surface area contributed by atoms with Crippen LogP contribution in [0.2, 0.25) is 0 Å². The zero-order valence-corrected chi connectivity index (χ0v) is 9.59. The molecule has 0 aliphatic heterocycles. The molecular weight excluding hydrogens is 269 g/mol. The zero-order valence-electron chi connectivity index (χ0n) is 9.59. The highest BCUT2D eigenvalue weighted by Crippen LogP contribution is 2.42. The third kappa shape index (κ3) is 2.18. The molecule has 0 saturated heterocycles. The van der Waals surface area contributed by atoms with Gasteiger partial charge in [0.15, 0.2) is 0 Å². The summed E-state index contributed by atoms with van der Waals surface area (Å²) >= 11 is 0. The van der Waals surface area contributed by atoms with Gasteiger partial charge in [-0.25, -0.2) is 9.97 Å². The molecule has 0 amide bonds. The molecule has 0 unspecified atom stereocenters. The Bertz CT molecular complexity index is 636. The van der Waals surface area contributed by atoms with Gasteiger partial charge in [0.2, 0.25) is 5.82 Å². The Labute approximate surface area is 104 Å². The van der Waals surface area contributed by atoms with Gasteiger partial charge in [0.25, 0.3) is 0 Å². The summed E-state index contributed by atoms with van der Waals surface area (Å²) < 4.78 is 63.0. The van der Waals surface area contributed by atoms with Gasteiger partial charge in [-0.3, -0.25) is 0 Å². The summed E-state index contributed by atoms with van der Waals surface area (Å²) in [5, 5.41) is 0.238. The minimum atomic E-state index is -5.77. The van der Waals surface area contributed by atoms with E-state index in [1.807, 2.05) is 0 Å². The number of rotatable bonds is 1. The molecule has 2 N–H and O–H groups in total. The third-order valence-electron chi connectivity index (χ3n) is 2.52. The summed E-state index contributed by atoms with van der Waals surface area (Å²) in [6, 6.07) is 4.36. The van der Waals surface area contributed by atoms with Crippen LogP contribution in [0.15, 0.2) is 18.2 Å². The number of alkyl halides is 5. The van der Waals surface area contributed by atoms with E-state index >= 15 is 0 Å². The van der Waals surface area contributed by atoms with Crippen molar-refractivity contribution < 1.29 is 22.0 Å². The van der Waals surface area contributed by atoms with Crippen LogP contribution in [0.1, 0.15) is 11.4 Å². The quantitative estimate of drug-likeness (QED) is 0.814. The van der Waals surface area contributed by atoms with Gasteiger partial charge in [0.05, 0.1) is 5.52 Å². The summed E-state index contributed by atoms with van der Waals surface area (Å²) in [5.41, 5.74) is 6.12. The number of aryl methyl sites for hydroxylation is 1. The van der Waals surface area contributed by atoms with Crippen molar-refractivity contribution in [1.29, 1.82) is 0 Å². The molecule has 0 radical (unpaired) electrons. The Morgan fingerprint density at radius 2 is 1.68 bits per heavy atom. The number of halogens is 5. The molecule has 19 heavy (non-hydrogen) atoms. The first kappa shape index (κ1) is 13.4. The van der Waals surface area contributed by atoms with Crippen LogP contribution in [-0.4, -0.2) is 16.1 Å². The second-order valence-corrected chi connectivity index (χ2v) is 4.03. The van der Waals surface area contributed by atoms with E-state index in [-0.39, 0.29) is 10.9 Å². The number of benzene rings is 1. The van der Waals surface area contributed by atoms with Gasteiger partial charge in [0.1, 0.15) is 5.82 Å². The molecule has 8 heteroatoms. The van der Waals surface area contributed by atoms with Gasteiger partial charge >= 0.3 is 12.1 Å². The van der Waals surface area contributed by atoms with Gasteiger partial charge in [-0.05, 0) is 19.1 Å². The predicted molar refractivity (Wildman–Crippen MR) is 58.6 cm³/mol. The Morgan fingerprint density at radius 1 is 1.05 bits per heavy atom.